The third-order valence-corrected chi connectivity index (χ3v) is 2.31. The molecule has 1 rings (SSSR count). The van der Waals surface area contributed by atoms with Crippen LogP contribution in [0.1, 0.15) is 24.5 Å². The number of carbonyl (C=O) groups is 1. The van der Waals surface area contributed by atoms with Gasteiger partial charge in [0.25, 0.3) is 0 Å². The summed E-state index contributed by atoms with van der Waals surface area (Å²) in [6.45, 7) is 0.569. The van der Waals surface area contributed by atoms with E-state index in [-0.39, 0.29) is 5.82 Å². The lowest BCUT2D eigenvalue weighted by Gasteiger charge is -2.16. The molecule has 1 aromatic rings. The minimum Gasteiger partial charge on any atom is -0.442 e. The highest BCUT2D eigenvalue weighted by Gasteiger charge is 2.14. The van der Waals surface area contributed by atoms with E-state index in [4.69, 9.17) is 15.2 Å². The first-order valence-corrected chi connectivity index (χ1v) is 5.34. The summed E-state index contributed by atoms with van der Waals surface area (Å²) in [7, 11) is 1.60. The van der Waals surface area contributed by atoms with E-state index in [1.807, 2.05) is 0 Å². The number of hydrogen-bond acceptors (Lipinski definition) is 3. The Morgan fingerprint density at radius 3 is 2.59 bits per heavy atom. The van der Waals surface area contributed by atoms with Crippen molar-refractivity contribution in [2.24, 2.45) is 5.73 Å². The van der Waals surface area contributed by atoms with Gasteiger partial charge in [-0.25, -0.2) is 9.18 Å². The molecule has 0 spiro atoms. The number of nitrogens with two attached hydrogens (primary N) is 1. The van der Waals surface area contributed by atoms with Crippen LogP contribution in [-0.4, -0.2) is 19.8 Å². The number of hydrogen-bond donors (Lipinski definition) is 1. The Hall–Kier alpha value is -1.62. The summed E-state index contributed by atoms with van der Waals surface area (Å²) in [5.41, 5.74) is 5.72. The van der Waals surface area contributed by atoms with Crippen LogP contribution < -0.4 is 5.73 Å². The molecular weight excluding hydrogens is 225 g/mol. The van der Waals surface area contributed by atoms with Gasteiger partial charge in [-0.1, -0.05) is 12.1 Å². The van der Waals surface area contributed by atoms with E-state index in [0.717, 1.165) is 12.0 Å². The molecule has 0 bridgehead atoms. The Morgan fingerprint density at radius 2 is 2.06 bits per heavy atom. The van der Waals surface area contributed by atoms with Gasteiger partial charge in [0.1, 0.15) is 11.9 Å². The lowest BCUT2D eigenvalue weighted by Crippen LogP contribution is -2.17. The number of halogens is 1. The number of amides is 1. The normalized spacial score (nSPS) is 12.1. The van der Waals surface area contributed by atoms with E-state index in [0.29, 0.717) is 13.0 Å². The minimum absolute atomic E-state index is 0.330. The maximum absolute atomic E-state index is 12.8. The zero-order valence-corrected chi connectivity index (χ0v) is 9.69. The van der Waals surface area contributed by atoms with Crippen LogP contribution in [0.15, 0.2) is 24.3 Å². The predicted octanol–water partition coefficient (Wildman–Crippen LogP) is 2.39. The van der Waals surface area contributed by atoms with Crippen LogP contribution in [0.5, 0.6) is 0 Å². The van der Waals surface area contributed by atoms with Crippen molar-refractivity contribution in [3.05, 3.63) is 35.6 Å². The van der Waals surface area contributed by atoms with Crippen molar-refractivity contribution in [1.29, 1.82) is 0 Å². The number of carbonyl (C=O) groups excluding carboxylic acids is 1. The van der Waals surface area contributed by atoms with Crippen molar-refractivity contribution in [1.82, 2.24) is 0 Å². The Labute approximate surface area is 99.5 Å². The van der Waals surface area contributed by atoms with E-state index in [1.165, 1.54) is 12.1 Å². The topological polar surface area (TPSA) is 61.6 Å². The summed E-state index contributed by atoms with van der Waals surface area (Å²) < 4.78 is 22.7. The molecule has 0 unspecified atom stereocenters. The number of methoxy groups -OCH3 is 1. The first-order valence-electron chi connectivity index (χ1n) is 5.34. The van der Waals surface area contributed by atoms with Crippen LogP contribution in [-0.2, 0) is 9.47 Å². The smallest absolute Gasteiger partial charge is 0.405 e. The summed E-state index contributed by atoms with van der Waals surface area (Å²) >= 11 is 0. The van der Waals surface area contributed by atoms with Gasteiger partial charge in [0.05, 0.1) is 0 Å². The fourth-order valence-electron chi connectivity index (χ4n) is 1.52. The van der Waals surface area contributed by atoms with E-state index >= 15 is 0 Å². The van der Waals surface area contributed by atoms with Crippen LogP contribution in [0.25, 0.3) is 0 Å². The molecule has 5 heteroatoms. The van der Waals surface area contributed by atoms with Crippen LogP contribution >= 0.6 is 0 Å². The summed E-state index contributed by atoms with van der Waals surface area (Å²) in [6.07, 6.45) is 0.0221. The van der Waals surface area contributed by atoms with E-state index in [9.17, 15) is 9.18 Å². The Kier molecular flexibility index (Phi) is 5.42. The lowest BCUT2D eigenvalue weighted by molar-refractivity contribution is 0.0917. The van der Waals surface area contributed by atoms with Crippen molar-refractivity contribution in [3.8, 4) is 0 Å². The van der Waals surface area contributed by atoms with Crippen molar-refractivity contribution >= 4 is 6.09 Å². The Balaban J connectivity index is 2.67. The van der Waals surface area contributed by atoms with Gasteiger partial charge in [-0.3, -0.25) is 0 Å². The molecule has 0 radical (unpaired) electrons. The summed E-state index contributed by atoms with van der Waals surface area (Å²) in [4.78, 5) is 10.8. The molecule has 0 aliphatic rings. The molecule has 2 N–H and O–H groups in total. The molecule has 0 aliphatic heterocycles. The van der Waals surface area contributed by atoms with Crippen LogP contribution in [0.3, 0.4) is 0 Å². The average molecular weight is 241 g/mol. The standard InChI is InChI=1S/C12H16FNO3/c1-16-8-2-3-11(17-12(14)15)9-4-6-10(13)7-5-9/h4-7,11H,2-3,8H2,1H3,(H2,14,15)/t11-/m1/s1. The molecule has 0 aliphatic carbocycles. The molecule has 0 fully saturated rings. The minimum atomic E-state index is -0.836. The second-order valence-electron chi connectivity index (χ2n) is 3.61. The molecule has 0 saturated heterocycles. The number of rotatable bonds is 6. The SMILES string of the molecule is COCCC[C@@H](OC(N)=O)c1ccc(F)cc1. The molecule has 94 valence electrons. The second-order valence-corrected chi connectivity index (χ2v) is 3.61. The predicted molar refractivity (Wildman–Crippen MR) is 60.9 cm³/mol. The van der Waals surface area contributed by atoms with Crippen molar-refractivity contribution in [2.75, 3.05) is 13.7 Å². The van der Waals surface area contributed by atoms with Crippen molar-refractivity contribution in [2.45, 2.75) is 18.9 Å². The molecule has 0 aromatic heterocycles. The summed E-state index contributed by atoms with van der Waals surface area (Å²) in [5, 5.41) is 0. The molecule has 1 aromatic carbocycles. The van der Waals surface area contributed by atoms with Crippen LogP contribution in [0.4, 0.5) is 9.18 Å². The molecule has 4 nitrogen and oxygen atoms in total. The van der Waals surface area contributed by atoms with E-state index < -0.39 is 12.2 Å². The lowest BCUT2D eigenvalue weighted by atomic mass is 10.0. The molecule has 1 amide bonds. The monoisotopic (exact) mass is 241 g/mol. The zero-order valence-electron chi connectivity index (χ0n) is 9.69. The molecular formula is C12H16FNO3. The van der Waals surface area contributed by atoms with E-state index in [2.05, 4.69) is 0 Å². The summed E-state index contributed by atoms with van der Waals surface area (Å²) in [6, 6.07) is 5.80. The highest BCUT2D eigenvalue weighted by Crippen LogP contribution is 2.23. The fourth-order valence-corrected chi connectivity index (χ4v) is 1.52. The molecule has 17 heavy (non-hydrogen) atoms. The number of primary amides is 1. The summed E-state index contributed by atoms with van der Waals surface area (Å²) in [5.74, 6) is -0.330. The first-order chi connectivity index (χ1) is 8.13. The average Bonchev–Trinajstić information content (AvgIpc) is 2.28. The van der Waals surface area contributed by atoms with Gasteiger partial charge in [0, 0.05) is 13.7 Å². The van der Waals surface area contributed by atoms with Gasteiger partial charge in [-0.15, -0.1) is 0 Å². The van der Waals surface area contributed by atoms with Gasteiger partial charge in [-0.2, -0.15) is 0 Å². The largest absolute Gasteiger partial charge is 0.442 e. The van der Waals surface area contributed by atoms with Gasteiger partial charge in [-0.05, 0) is 30.5 Å². The Bertz CT molecular complexity index is 353. The zero-order chi connectivity index (χ0) is 12.7. The first kappa shape index (κ1) is 13.4. The number of ether oxygens (including phenoxy) is 2. The van der Waals surface area contributed by atoms with Gasteiger partial charge < -0.3 is 15.2 Å². The maximum Gasteiger partial charge on any atom is 0.405 e. The Morgan fingerprint density at radius 1 is 1.41 bits per heavy atom. The fraction of sp³-hybridized carbons (Fsp3) is 0.417. The molecule has 0 saturated carbocycles. The second kappa shape index (κ2) is 6.85. The van der Waals surface area contributed by atoms with Gasteiger partial charge in [0.2, 0.25) is 0 Å². The van der Waals surface area contributed by atoms with Gasteiger partial charge in [0.15, 0.2) is 0 Å². The molecule has 0 heterocycles. The van der Waals surface area contributed by atoms with E-state index in [1.54, 1.807) is 19.2 Å². The van der Waals surface area contributed by atoms with Crippen LogP contribution in [0, 0.1) is 5.82 Å². The highest BCUT2D eigenvalue weighted by molar-refractivity contribution is 5.65. The number of benzene rings is 1. The van der Waals surface area contributed by atoms with Crippen molar-refractivity contribution < 1.29 is 18.7 Å². The third-order valence-electron chi connectivity index (χ3n) is 2.31. The molecule has 1 atom stereocenters. The van der Waals surface area contributed by atoms with Gasteiger partial charge >= 0.3 is 6.09 Å². The maximum atomic E-state index is 12.8. The highest BCUT2D eigenvalue weighted by atomic mass is 19.1. The van der Waals surface area contributed by atoms with Crippen molar-refractivity contribution in [3.63, 3.8) is 0 Å². The third kappa shape index (κ3) is 4.82. The van der Waals surface area contributed by atoms with Crippen LogP contribution in [0.2, 0.25) is 0 Å². The quantitative estimate of drug-likeness (QED) is 0.778.